The minimum atomic E-state index is -3.13. The first-order valence-corrected chi connectivity index (χ1v) is 8.56. The van der Waals surface area contributed by atoms with Gasteiger partial charge in [0.05, 0.1) is 11.4 Å². The van der Waals surface area contributed by atoms with Crippen molar-refractivity contribution in [3.63, 3.8) is 0 Å². The van der Waals surface area contributed by atoms with Crippen LogP contribution < -0.4 is 0 Å². The highest BCUT2D eigenvalue weighted by atomic mass is 32.2. The minimum absolute atomic E-state index is 0.242. The maximum Gasteiger partial charge on any atom is 0.159 e. The molecule has 1 aromatic carbocycles. The summed E-state index contributed by atoms with van der Waals surface area (Å²) in [6.45, 7) is 0. The van der Waals surface area contributed by atoms with Crippen molar-refractivity contribution < 1.29 is 22.3 Å². The summed E-state index contributed by atoms with van der Waals surface area (Å²) in [5, 5.41) is 9.80. The maximum atomic E-state index is 13.2. The molecule has 3 nitrogen and oxygen atoms in total. The normalized spacial score (nSPS) is 25.4. The van der Waals surface area contributed by atoms with Crippen LogP contribution in [0, 0.1) is 17.6 Å². The predicted octanol–water partition coefficient (Wildman–Crippen LogP) is 2.60. The number of rotatable bonds is 3. The van der Waals surface area contributed by atoms with Crippen molar-refractivity contribution >= 4 is 9.84 Å². The Morgan fingerprint density at radius 3 is 2.55 bits per heavy atom. The van der Waals surface area contributed by atoms with E-state index in [4.69, 9.17) is 0 Å². The molecule has 0 spiro atoms. The molecule has 0 radical (unpaired) electrons. The molecule has 3 atom stereocenters. The second kappa shape index (κ2) is 5.77. The van der Waals surface area contributed by atoms with Crippen LogP contribution in [0.1, 0.15) is 37.4 Å². The molecule has 0 heterocycles. The van der Waals surface area contributed by atoms with E-state index in [9.17, 15) is 22.3 Å². The Kier molecular flexibility index (Phi) is 4.44. The molecule has 1 saturated carbocycles. The van der Waals surface area contributed by atoms with E-state index in [-0.39, 0.29) is 5.92 Å². The molecule has 0 bridgehead atoms. The lowest BCUT2D eigenvalue weighted by atomic mass is 9.82. The first-order valence-electron chi connectivity index (χ1n) is 6.61. The van der Waals surface area contributed by atoms with E-state index in [1.54, 1.807) is 0 Å². The summed E-state index contributed by atoms with van der Waals surface area (Å²) < 4.78 is 49.3. The van der Waals surface area contributed by atoms with Crippen LogP contribution in [-0.2, 0) is 9.84 Å². The van der Waals surface area contributed by atoms with E-state index in [0.29, 0.717) is 31.2 Å². The Balaban J connectivity index is 2.16. The van der Waals surface area contributed by atoms with Gasteiger partial charge in [-0.25, -0.2) is 17.2 Å². The third-order valence-electron chi connectivity index (χ3n) is 4.00. The van der Waals surface area contributed by atoms with Crippen LogP contribution in [0.25, 0.3) is 0 Å². The van der Waals surface area contributed by atoms with Gasteiger partial charge in [-0.2, -0.15) is 0 Å². The Bertz CT molecular complexity index is 586. The molecule has 1 aliphatic rings. The molecule has 1 aromatic rings. The fourth-order valence-corrected chi connectivity index (χ4v) is 4.02. The molecule has 2 rings (SSSR count). The molecular weight excluding hydrogens is 286 g/mol. The van der Waals surface area contributed by atoms with Crippen molar-refractivity contribution in [2.75, 3.05) is 6.26 Å². The number of halogens is 2. The van der Waals surface area contributed by atoms with Gasteiger partial charge >= 0.3 is 0 Å². The third kappa shape index (κ3) is 3.35. The van der Waals surface area contributed by atoms with E-state index in [1.165, 1.54) is 12.3 Å². The summed E-state index contributed by atoms with van der Waals surface area (Å²) in [6.07, 6.45) is 2.59. The Morgan fingerprint density at radius 1 is 1.25 bits per heavy atom. The van der Waals surface area contributed by atoms with Crippen LogP contribution in [0.15, 0.2) is 18.2 Å². The standard InChI is InChI=1S/C14H18F2O3S/c1-20(18,19)11-4-2-3-9(7-11)14(17)10-5-6-12(15)13(16)8-10/h5-6,8-9,11,14,17H,2-4,7H2,1H3. The van der Waals surface area contributed by atoms with E-state index in [0.717, 1.165) is 12.1 Å². The average molecular weight is 304 g/mol. The van der Waals surface area contributed by atoms with Crippen LogP contribution in [0.5, 0.6) is 0 Å². The molecular formula is C14H18F2O3S. The molecule has 1 aliphatic carbocycles. The van der Waals surface area contributed by atoms with Gasteiger partial charge in [-0.1, -0.05) is 12.5 Å². The van der Waals surface area contributed by atoms with Crippen LogP contribution in [0.4, 0.5) is 8.78 Å². The van der Waals surface area contributed by atoms with E-state index < -0.39 is 32.8 Å². The average Bonchev–Trinajstić information content (AvgIpc) is 2.40. The third-order valence-corrected chi connectivity index (χ3v) is 5.64. The van der Waals surface area contributed by atoms with Crippen molar-refractivity contribution in [3.8, 4) is 0 Å². The van der Waals surface area contributed by atoms with E-state index >= 15 is 0 Å². The fraction of sp³-hybridized carbons (Fsp3) is 0.571. The maximum absolute atomic E-state index is 13.2. The molecule has 0 aromatic heterocycles. The van der Waals surface area contributed by atoms with Gasteiger partial charge < -0.3 is 5.11 Å². The SMILES string of the molecule is CS(=O)(=O)C1CCCC(C(O)c2ccc(F)c(F)c2)C1. The van der Waals surface area contributed by atoms with Crippen LogP contribution in [0.2, 0.25) is 0 Å². The van der Waals surface area contributed by atoms with Gasteiger partial charge in [-0.05, 0) is 42.9 Å². The van der Waals surface area contributed by atoms with Crippen LogP contribution in [-0.4, -0.2) is 25.0 Å². The van der Waals surface area contributed by atoms with Gasteiger partial charge in [0, 0.05) is 6.26 Å². The minimum Gasteiger partial charge on any atom is -0.388 e. The molecule has 112 valence electrons. The molecule has 3 unspecified atom stereocenters. The van der Waals surface area contributed by atoms with Gasteiger partial charge in [0.2, 0.25) is 0 Å². The molecule has 0 amide bonds. The van der Waals surface area contributed by atoms with Crippen LogP contribution >= 0.6 is 0 Å². The molecule has 0 aliphatic heterocycles. The number of sulfone groups is 1. The summed E-state index contributed by atoms with van der Waals surface area (Å²) >= 11 is 0. The Hall–Kier alpha value is -1.01. The highest BCUT2D eigenvalue weighted by molar-refractivity contribution is 7.91. The fourth-order valence-electron chi connectivity index (χ4n) is 2.83. The van der Waals surface area contributed by atoms with E-state index in [1.807, 2.05) is 0 Å². The summed E-state index contributed by atoms with van der Waals surface area (Å²) in [6, 6.07) is 3.29. The van der Waals surface area contributed by atoms with Gasteiger partial charge in [0.15, 0.2) is 11.6 Å². The molecule has 20 heavy (non-hydrogen) atoms. The zero-order valence-corrected chi connectivity index (χ0v) is 12.0. The van der Waals surface area contributed by atoms with Crippen LogP contribution in [0.3, 0.4) is 0 Å². The first-order chi connectivity index (χ1) is 9.29. The largest absolute Gasteiger partial charge is 0.388 e. The van der Waals surface area contributed by atoms with Crippen molar-refractivity contribution in [2.24, 2.45) is 5.92 Å². The number of hydrogen-bond donors (Lipinski definition) is 1. The second-order valence-electron chi connectivity index (χ2n) is 5.50. The molecule has 0 saturated heterocycles. The summed E-state index contributed by atoms with van der Waals surface area (Å²) in [5.41, 5.74) is 0.294. The van der Waals surface area contributed by atoms with Gasteiger partial charge in [-0.15, -0.1) is 0 Å². The summed E-state index contributed by atoms with van der Waals surface area (Å²) in [7, 11) is -3.13. The lowest BCUT2D eigenvalue weighted by Gasteiger charge is -2.31. The first kappa shape index (κ1) is 15.4. The van der Waals surface area contributed by atoms with Gasteiger partial charge in [0.25, 0.3) is 0 Å². The quantitative estimate of drug-likeness (QED) is 0.934. The number of hydrogen-bond acceptors (Lipinski definition) is 3. The number of aliphatic hydroxyl groups excluding tert-OH is 1. The zero-order chi connectivity index (χ0) is 14.9. The topological polar surface area (TPSA) is 54.4 Å². The lowest BCUT2D eigenvalue weighted by Crippen LogP contribution is -2.30. The molecule has 1 N–H and O–H groups in total. The lowest BCUT2D eigenvalue weighted by molar-refractivity contribution is 0.0853. The Morgan fingerprint density at radius 2 is 1.95 bits per heavy atom. The molecule has 1 fully saturated rings. The van der Waals surface area contributed by atoms with Crippen molar-refractivity contribution in [3.05, 3.63) is 35.4 Å². The van der Waals surface area contributed by atoms with Crippen molar-refractivity contribution in [1.29, 1.82) is 0 Å². The predicted molar refractivity (Wildman–Crippen MR) is 71.9 cm³/mol. The highest BCUT2D eigenvalue weighted by Crippen LogP contribution is 2.37. The second-order valence-corrected chi connectivity index (χ2v) is 7.82. The highest BCUT2D eigenvalue weighted by Gasteiger charge is 2.33. The smallest absolute Gasteiger partial charge is 0.159 e. The monoisotopic (exact) mass is 304 g/mol. The zero-order valence-electron chi connectivity index (χ0n) is 11.2. The Labute approximate surface area is 117 Å². The van der Waals surface area contributed by atoms with Crippen molar-refractivity contribution in [2.45, 2.75) is 37.0 Å². The summed E-state index contributed by atoms with van der Waals surface area (Å²) in [5.74, 6) is -2.20. The molecule has 6 heteroatoms. The van der Waals surface area contributed by atoms with Crippen molar-refractivity contribution in [1.82, 2.24) is 0 Å². The number of benzene rings is 1. The summed E-state index contributed by atoms with van der Waals surface area (Å²) in [4.78, 5) is 0. The van der Waals surface area contributed by atoms with E-state index in [2.05, 4.69) is 0 Å². The van der Waals surface area contributed by atoms with Gasteiger partial charge in [0.1, 0.15) is 9.84 Å². The van der Waals surface area contributed by atoms with Gasteiger partial charge in [-0.3, -0.25) is 0 Å². The number of aliphatic hydroxyl groups is 1.